The summed E-state index contributed by atoms with van der Waals surface area (Å²) in [5.41, 5.74) is 0.875. The van der Waals surface area contributed by atoms with E-state index in [1.165, 1.54) is 0 Å². The molecule has 1 heterocycles. The Balaban J connectivity index is 1.91. The second kappa shape index (κ2) is 8.25. The number of alkyl halides is 2. The molecule has 10 heteroatoms. The third-order valence-corrected chi connectivity index (χ3v) is 4.76. The van der Waals surface area contributed by atoms with Crippen LogP contribution in [0.2, 0.25) is 0 Å². The standard InChI is InChI=1S/C15H19Cl2N3O4S/c1-25(23,24)19-12-4-2-10(3-5-12)15(22)20-8-6-11(7-9-20)18-14(21)13(16)17/h2-5,11,13,19H,6-9H2,1H3,(H,18,21). The zero-order valence-electron chi connectivity index (χ0n) is 13.5. The molecule has 2 rings (SSSR count). The summed E-state index contributed by atoms with van der Waals surface area (Å²) in [6.45, 7) is 1.00. The van der Waals surface area contributed by atoms with Crippen LogP contribution in [-0.2, 0) is 14.8 Å². The minimum atomic E-state index is -3.35. The number of carbonyl (C=O) groups excluding carboxylic acids is 2. The second-order valence-electron chi connectivity index (χ2n) is 5.83. The van der Waals surface area contributed by atoms with Gasteiger partial charge >= 0.3 is 0 Å². The molecule has 0 atom stereocenters. The number of carbonyl (C=O) groups is 2. The summed E-state index contributed by atoms with van der Waals surface area (Å²) in [7, 11) is -3.35. The highest BCUT2D eigenvalue weighted by molar-refractivity contribution is 7.92. The number of piperidine rings is 1. The van der Waals surface area contributed by atoms with Crippen LogP contribution < -0.4 is 10.0 Å². The van der Waals surface area contributed by atoms with Crippen LogP contribution in [0.4, 0.5) is 5.69 Å². The van der Waals surface area contributed by atoms with Gasteiger partial charge in [0.1, 0.15) is 0 Å². The lowest BCUT2D eigenvalue weighted by molar-refractivity contribution is -0.120. The number of hydrogen-bond acceptors (Lipinski definition) is 4. The van der Waals surface area contributed by atoms with Gasteiger partial charge in [-0.3, -0.25) is 14.3 Å². The highest BCUT2D eigenvalue weighted by Gasteiger charge is 2.25. The molecule has 2 N–H and O–H groups in total. The smallest absolute Gasteiger partial charge is 0.253 e. The quantitative estimate of drug-likeness (QED) is 0.724. The van der Waals surface area contributed by atoms with Gasteiger partial charge in [-0.15, -0.1) is 0 Å². The number of sulfonamides is 1. The van der Waals surface area contributed by atoms with Crippen molar-refractivity contribution in [3.8, 4) is 0 Å². The Bertz CT molecular complexity index is 730. The number of anilines is 1. The maximum atomic E-state index is 12.5. The largest absolute Gasteiger partial charge is 0.351 e. The molecule has 1 aromatic carbocycles. The summed E-state index contributed by atoms with van der Waals surface area (Å²) in [6, 6.07) is 6.19. The fraction of sp³-hybridized carbons (Fsp3) is 0.467. The molecule has 0 aromatic heterocycles. The first-order valence-electron chi connectivity index (χ1n) is 7.61. The fourth-order valence-electron chi connectivity index (χ4n) is 2.57. The molecule has 25 heavy (non-hydrogen) atoms. The Hall–Kier alpha value is -1.51. The summed E-state index contributed by atoms with van der Waals surface area (Å²) in [4.78, 5) is 24.6. The summed E-state index contributed by atoms with van der Waals surface area (Å²) < 4.78 is 24.7. The van der Waals surface area contributed by atoms with E-state index in [4.69, 9.17) is 23.2 Å². The van der Waals surface area contributed by atoms with E-state index in [2.05, 4.69) is 10.0 Å². The number of amides is 2. The van der Waals surface area contributed by atoms with Crippen molar-refractivity contribution < 1.29 is 18.0 Å². The Morgan fingerprint density at radius 3 is 2.20 bits per heavy atom. The van der Waals surface area contributed by atoms with Gasteiger partial charge in [0.05, 0.1) is 6.26 Å². The normalized spacial score (nSPS) is 15.9. The predicted octanol–water partition coefficient (Wildman–Crippen LogP) is 1.58. The van der Waals surface area contributed by atoms with Crippen molar-refractivity contribution in [1.29, 1.82) is 0 Å². The zero-order valence-corrected chi connectivity index (χ0v) is 15.9. The van der Waals surface area contributed by atoms with Gasteiger partial charge in [0.25, 0.3) is 11.8 Å². The van der Waals surface area contributed by atoms with E-state index in [0.717, 1.165) is 6.26 Å². The maximum Gasteiger partial charge on any atom is 0.253 e. The molecule has 1 aliphatic rings. The molecular formula is C15H19Cl2N3O4S. The van der Waals surface area contributed by atoms with Crippen LogP contribution in [0.25, 0.3) is 0 Å². The summed E-state index contributed by atoms with van der Waals surface area (Å²) in [5, 5.41) is 2.74. The first kappa shape index (κ1) is 19.8. The lowest BCUT2D eigenvalue weighted by Crippen LogP contribution is -2.47. The van der Waals surface area contributed by atoms with Crippen LogP contribution in [0.1, 0.15) is 23.2 Å². The number of hydrogen-bond donors (Lipinski definition) is 2. The van der Waals surface area contributed by atoms with Gasteiger partial charge in [0.15, 0.2) is 4.84 Å². The minimum Gasteiger partial charge on any atom is -0.351 e. The fourth-order valence-corrected chi connectivity index (χ4v) is 3.26. The molecule has 0 bridgehead atoms. The van der Waals surface area contributed by atoms with Crippen molar-refractivity contribution in [2.24, 2.45) is 0 Å². The number of halogens is 2. The van der Waals surface area contributed by atoms with Crippen molar-refractivity contribution in [3.63, 3.8) is 0 Å². The number of nitrogens with one attached hydrogen (secondary N) is 2. The van der Waals surface area contributed by atoms with Crippen LogP contribution in [0.3, 0.4) is 0 Å². The average molecular weight is 408 g/mol. The van der Waals surface area contributed by atoms with E-state index in [-0.39, 0.29) is 11.9 Å². The van der Waals surface area contributed by atoms with Gasteiger partial charge in [0, 0.05) is 30.4 Å². The van der Waals surface area contributed by atoms with Crippen LogP contribution in [0.15, 0.2) is 24.3 Å². The maximum absolute atomic E-state index is 12.5. The van der Waals surface area contributed by atoms with Crippen molar-refractivity contribution >= 4 is 50.7 Å². The average Bonchev–Trinajstić information content (AvgIpc) is 2.54. The van der Waals surface area contributed by atoms with Crippen molar-refractivity contribution in [2.75, 3.05) is 24.1 Å². The summed E-state index contributed by atoms with van der Waals surface area (Å²) in [5.74, 6) is -0.565. The van der Waals surface area contributed by atoms with Gasteiger partial charge in [-0.25, -0.2) is 8.42 Å². The minimum absolute atomic E-state index is 0.0575. The Morgan fingerprint density at radius 2 is 1.72 bits per heavy atom. The van der Waals surface area contributed by atoms with Gasteiger partial charge < -0.3 is 10.2 Å². The van der Waals surface area contributed by atoms with Gasteiger partial charge in [0.2, 0.25) is 10.0 Å². The Labute approximate surface area is 156 Å². The summed E-state index contributed by atoms with van der Waals surface area (Å²) >= 11 is 11.0. The third kappa shape index (κ3) is 6.05. The summed E-state index contributed by atoms with van der Waals surface area (Å²) in [6.07, 6.45) is 2.29. The monoisotopic (exact) mass is 407 g/mol. The number of rotatable bonds is 5. The van der Waals surface area contributed by atoms with E-state index >= 15 is 0 Å². The van der Waals surface area contributed by atoms with E-state index < -0.39 is 20.8 Å². The molecule has 2 amide bonds. The Morgan fingerprint density at radius 1 is 1.16 bits per heavy atom. The molecular weight excluding hydrogens is 389 g/mol. The van der Waals surface area contributed by atoms with Crippen molar-refractivity contribution in [1.82, 2.24) is 10.2 Å². The molecule has 0 unspecified atom stereocenters. The van der Waals surface area contributed by atoms with E-state index in [9.17, 15) is 18.0 Å². The number of nitrogens with zero attached hydrogens (tertiary/aromatic N) is 1. The molecule has 138 valence electrons. The third-order valence-electron chi connectivity index (χ3n) is 3.76. The van der Waals surface area contributed by atoms with Crippen LogP contribution in [-0.4, -0.2) is 55.4 Å². The van der Waals surface area contributed by atoms with Crippen molar-refractivity contribution in [3.05, 3.63) is 29.8 Å². The lowest BCUT2D eigenvalue weighted by atomic mass is 10.0. The molecule has 0 saturated carbocycles. The predicted molar refractivity (Wildman–Crippen MR) is 97.5 cm³/mol. The van der Waals surface area contributed by atoms with Crippen molar-refractivity contribution in [2.45, 2.75) is 23.7 Å². The van der Waals surface area contributed by atoms with Crippen LogP contribution >= 0.6 is 23.2 Å². The zero-order chi connectivity index (χ0) is 18.6. The topological polar surface area (TPSA) is 95.6 Å². The lowest BCUT2D eigenvalue weighted by Gasteiger charge is -2.32. The van der Waals surface area contributed by atoms with E-state index in [1.807, 2.05) is 0 Å². The molecule has 0 spiro atoms. The van der Waals surface area contributed by atoms with Gasteiger partial charge in [-0.1, -0.05) is 23.2 Å². The number of benzene rings is 1. The van der Waals surface area contributed by atoms with Crippen LogP contribution in [0, 0.1) is 0 Å². The second-order valence-corrected chi connectivity index (χ2v) is 8.67. The first-order chi connectivity index (χ1) is 11.7. The first-order valence-corrected chi connectivity index (χ1v) is 10.4. The van der Waals surface area contributed by atoms with Crippen LogP contribution in [0.5, 0.6) is 0 Å². The Kier molecular flexibility index (Phi) is 6.53. The molecule has 1 fully saturated rings. The highest BCUT2D eigenvalue weighted by atomic mass is 35.5. The molecule has 1 aliphatic heterocycles. The molecule has 7 nitrogen and oxygen atoms in total. The van der Waals surface area contributed by atoms with Gasteiger partial charge in [-0.2, -0.15) is 0 Å². The molecule has 0 radical (unpaired) electrons. The van der Waals surface area contributed by atoms with Gasteiger partial charge in [-0.05, 0) is 37.1 Å². The number of likely N-dealkylation sites (tertiary alicyclic amines) is 1. The molecule has 1 saturated heterocycles. The highest BCUT2D eigenvalue weighted by Crippen LogP contribution is 2.17. The van der Waals surface area contributed by atoms with E-state index in [1.54, 1.807) is 29.2 Å². The molecule has 0 aliphatic carbocycles. The molecule has 1 aromatic rings. The SMILES string of the molecule is CS(=O)(=O)Nc1ccc(C(=O)N2CCC(NC(=O)C(Cl)Cl)CC2)cc1. The van der Waals surface area contributed by atoms with E-state index in [0.29, 0.717) is 37.2 Å².